The Hall–Kier alpha value is -2.20. The van der Waals surface area contributed by atoms with E-state index >= 15 is 0 Å². The fourth-order valence-corrected chi connectivity index (χ4v) is 3.55. The van der Waals surface area contributed by atoms with E-state index in [9.17, 15) is 4.79 Å². The standard InChI is InChI=1S/C23H30N2O2/c1-5-10-23(14-27-15-23)25-20-12-19(13-24-21(20)22(26)16(3)4)18-9-7-8-17(6-2)11-18/h7-9,11-13,16,25H,5-6,10,14-15H2,1-4H3. The summed E-state index contributed by atoms with van der Waals surface area (Å²) < 4.78 is 5.49. The molecule has 1 fully saturated rings. The van der Waals surface area contributed by atoms with E-state index in [2.05, 4.69) is 54.5 Å². The lowest BCUT2D eigenvalue weighted by atomic mass is 9.90. The molecular weight excluding hydrogens is 336 g/mol. The molecule has 1 aromatic carbocycles. The van der Waals surface area contributed by atoms with E-state index in [0.29, 0.717) is 18.9 Å². The number of aromatic nitrogens is 1. The number of hydrogen-bond donors (Lipinski definition) is 1. The van der Waals surface area contributed by atoms with Crippen LogP contribution in [0, 0.1) is 5.92 Å². The largest absolute Gasteiger partial charge is 0.376 e. The summed E-state index contributed by atoms with van der Waals surface area (Å²) in [5, 5.41) is 3.63. The van der Waals surface area contributed by atoms with Crippen molar-refractivity contribution in [3.63, 3.8) is 0 Å². The minimum Gasteiger partial charge on any atom is -0.376 e. The number of nitrogens with one attached hydrogen (secondary N) is 1. The quantitative estimate of drug-likeness (QED) is 0.658. The number of nitrogens with zero attached hydrogens (tertiary/aromatic N) is 1. The monoisotopic (exact) mass is 366 g/mol. The predicted octanol–water partition coefficient (Wildman–Crippen LogP) is 5.13. The average molecular weight is 367 g/mol. The number of rotatable bonds is 8. The number of anilines is 1. The summed E-state index contributed by atoms with van der Waals surface area (Å²) in [6, 6.07) is 10.6. The fraction of sp³-hybridized carbons (Fsp3) is 0.478. The van der Waals surface area contributed by atoms with Gasteiger partial charge >= 0.3 is 0 Å². The summed E-state index contributed by atoms with van der Waals surface area (Å²) in [6.07, 6.45) is 4.89. The molecule has 27 heavy (non-hydrogen) atoms. The first-order valence-electron chi connectivity index (χ1n) is 9.97. The van der Waals surface area contributed by atoms with E-state index in [-0.39, 0.29) is 17.2 Å². The molecule has 4 heteroatoms. The zero-order valence-corrected chi connectivity index (χ0v) is 16.8. The number of pyridine rings is 1. The van der Waals surface area contributed by atoms with Gasteiger partial charge in [0, 0.05) is 17.7 Å². The molecule has 0 atom stereocenters. The lowest BCUT2D eigenvalue weighted by Gasteiger charge is -2.43. The van der Waals surface area contributed by atoms with Crippen LogP contribution in [0.25, 0.3) is 11.1 Å². The van der Waals surface area contributed by atoms with Crippen LogP contribution in [0.5, 0.6) is 0 Å². The molecule has 4 nitrogen and oxygen atoms in total. The first kappa shape index (κ1) is 19.6. The lowest BCUT2D eigenvalue weighted by Crippen LogP contribution is -2.56. The normalized spacial score (nSPS) is 15.4. The summed E-state index contributed by atoms with van der Waals surface area (Å²) in [5.74, 6) is -0.0228. The Kier molecular flexibility index (Phi) is 5.95. The maximum absolute atomic E-state index is 12.7. The van der Waals surface area contributed by atoms with E-state index in [1.807, 2.05) is 20.0 Å². The minimum atomic E-state index is -0.0909. The Bertz CT molecular complexity index is 810. The van der Waals surface area contributed by atoms with Gasteiger partial charge in [0.25, 0.3) is 0 Å². The second-order valence-corrected chi connectivity index (χ2v) is 7.84. The first-order valence-corrected chi connectivity index (χ1v) is 9.97. The molecule has 3 rings (SSSR count). The zero-order chi connectivity index (χ0) is 19.4. The van der Waals surface area contributed by atoms with Gasteiger partial charge in [-0.15, -0.1) is 0 Å². The summed E-state index contributed by atoms with van der Waals surface area (Å²) in [6.45, 7) is 9.51. The second-order valence-electron chi connectivity index (χ2n) is 7.84. The van der Waals surface area contributed by atoms with Crippen molar-refractivity contribution >= 4 is 11.5 Å². The van der Waals surface area contributed by atoms with E-state index in [1.165, 1.54) is 5.56 Å². The second kappa shape index (κ2) is 8.22. The molecule has 1 N–H and O–H groups in total. The Labute approximate surface area is 162 Å². The number of carbonyl (C=O) groups is 1. The van der Waals surface area contributed by atoms with Gasteiger partial charge in [-0.3, -0.25) is 9.78 Å². The van der Waals surface area contributed by atoms with Gasteiger partial charge in [-0.05, 0) is 30.0 Å². The molecule has 144 valence electrons. The van der Waals surface area contributed by atoms with Gasteiger partial charge in [-0.2, -0.15) is 0 Å². The molecule has 0 amide bonds. The molecule has 0 radical (unpaired) electrons. The predicted molar refractivity (Wildman–Crippen MR) is 110 cm³/mol. The Morgan fingerprint density at radius 1 is 1.22 bits per heavy atom. The molecule has 0 aliphatic carbocycles. The Balaban J connectivity index is 2.02. The summed E-state index contributed by atoms with van der Waals surface area (Å²) >= 11 is 0. The van der Waals surface area contributed by atoms with Gasteiger partial charge in [0.2, 0.25) is 0 Å². The maximum Gasteiger partial charge on any atom is 0.185 e. The third kappa shape index (κ3) is 4.22. The number of aryl methyl sites for hydroxylation is 1. The van der Waals surface area contributed by atoms with Gasteiger partial charge in [-0.25, -0.2) is 0 Å². The number of ether oxygens (including phenoxy) is 1. The highest BCUT2D eigenvalue weighted by Crippen LogP contribution is 2.32. The number of carbonyl (C=O) groups excluding carboxylic acids is 1. The van der Waals surface area contributed by atoms with Gasteiger partial charge in [-0.1, -0.05) is 58.4 Å². The van der Waals surface area contributed by atoms with E-state index in [0.717, 1.165) is 36.1 Å². The van der Waals surface area contributed by atoms with Gasteiger partial charge < -0.3 is 10.1 Å². The van der Waals surface area contributed by atoms with Crippen molar-refractivity contribution in [2.45, 2.75) is 52.5 Å². The van der Waals surface area contributed by atoms with Crippen LogP contribution in [0.3, 0.4) is 0 Å². The van der Waals surface area contributed by atoms with Crippen molar-refractivity contribution in [1.82, 2.24) is 4.98 Å². The number of Topliss-reactive ketones (excluding diaryl/α,β-unsaturated/α-hetero) is 1. The maximum atomic E-state index is 12.7. The highest BCUT2D eigenvalue weighted by molar-refractivity contribution is 6.01. The molecule has 0 spiro atoms. The van der Waals surface area contributed by atoms with Gasteiger partial charge in [0.1, 0.15) is 5.69 Å². The van der Waals surface area contributed by atoms with Crippen molar-refractivity contribution in [3.8, 4) is 11.1 Å². The molecular formula is C23H30N2O2. The zero-order valence-electron chi connectivity index (χ0n) is 16.8. The molecule has 0 saturated carbocycles. The van der Waals surface area contributed by atoms with Crippen molar-refractivity contribution in [2.24, 2.45) is 5.92 Å². The third-order valence-corrected chi connectivity index (χ3v) is 5.20. The van der Waals surface area contributed by atoms with Crippen molar-refractivity contribution < 1.29 is 9.53 Å². The van der Waals surface area contributed by atoms with E-state index < -0.39 is 0 Å². The van der Waals surface area contributed by atoms with Crippen molar-refractivity contribution in [2.75, 3.05) is 18.5 Å². The van der Waals surface area contributed by atoms with Gasteiger partial charge in [0.15, 0.2) is 5.78 Å². The van der Waals surface area contributed by atoms with Crippen LogP contribution in [0.2, 0.25) is 0 Å². The molecule has 1 saturated heterocycles. The molecule has 2 aromatic rings. The Morgan fingerprint density at radius 3 is 2.59 bits per heavy atom. The highest BCUT2D eigenvalue weighted by atomic mass is 16.5. The molecule has 1 aromatic heterocycles. The smallest absolute Gasteiger partial charge is 0.185 e. The molecule has 1 aliphatic rings. The molecule has 0 bridgehead atoms. The average Bonchev–Trinajstić information content (AvgIpc) is 2.65. The van der Waals surface area contributed by atoms with E-state index in [4.69, 9.17) is 4.74 Å². The molecule has 1 aliphatic heterocycles. The van der Waals surface area contributed by atoms with Crippen LogP contribution in [-0.2, 0) is 11.2 Å². The van der Waals surface area contributed by atoms with Crippen molar-refractivity contribution in [3.05, 3.63) is 47.8 Å². The SMILES string of the molecule is CCCC1(Nc2cc(-c3cccc(CC)c3)cnc2C(=O)C(C)C)COC1. The van der Waals surface area contributed by atoms with Crippen LogP contribution in [0.1, 0.15) is 56.6 Å². The number of ketones is 1. The van der Waals surface area contributed by atoms with Crippen LogP contribution in [-0.4, -0.2) is 29.5 Å². The number of hydrogen-bond acceptors (Lipinski definition) is 4. The summed E-state index contributed by atoms with van der Waals surface area (Å²) in [4.78, 5) is 17.3. The molecule has 0 unspecified atom stereocenters. The number of benzene rings is 1. The third-order valence-electron chi connectivity index (χ3n) is 5.20. The van der Waals surface area contributed by atoms with Crippen molar-refractivity contribution in [1.29, 1.82) is 0 Å². The fourth-order valence-electron chi connectivity index (χ4n) is 3.55. The minimum absolute atomic E-state index is 0.0678. The van der Waals surface area contributed by atoms with Crippen LogP contribution < -0.4 is 5.32 Å². The summed E-state index contributed by atoms with van der Waals surface area (Å²) in [7, 11) is 0. The van der Waals surface area contributed by atoms with E-state index in [1.54, 1.807) is 0 Å². The first-order chi connectivity index (χ1) is 13.0. The lowest BCUT2D eigenvalue weighted by molar-refractivity contribution is -0.0456. The Morgan fingerprint density at radius 2 is 2.00 bits per heavy atom. The van der Waals surface area contributed by atoms with Crippen LogP contribution in [0.4, 0.5) is 5.69 Å². The van der Waals surface area contributed by atoms with Gasteiger partial charge in [0.05, 0.1) is 24.4 Å². The highest BCUT2D eigenvalue weighted by Gasteiger charge is 2.38. The topological polar surface area (TPSA) is 51.2 Å². The van der Waals surface area contributed by atoms with Crippen LogP contribution >= 0.6 is 0 Å². The molecule has 2 heterocycles. The van der Waals surface area contributed by atoms with Crippen LogP contribution in [0.15, 0.2) is 36.5 Å². The summed E-state index contributed by atoms with van der Waals surface area (Å²) in [5.41, 5.74) is 4.71.